The molecule has 7 heteroatoms. The van der Waals surface area contributed by atoms with Crippen molar-refractivity contribution in [1.29, 1.82) is 0 Å². The van der Waals surface area contributed by atoms with E-state index >= 15 is 0 Å². The highest BCUT2D eigenvalue weighted by atomic mass is 32.2. The Kier molecular flexibility index (Phi) is 13.2. The van der Waals surface area contributed by atoms with Gasteiger partial charge in [-0.2, -0.15) is 16.5 Å². The zero-order chi connectivity index (χ0) is 27.6. The number of allylic oxidation sites excluding steroid dienone is 5. The molecule has 36 heavy (non-hydrogen) atoms. The van der Waals surface area contributed by atoms with Crippen molar-refractivity contribution in [2.24, 2.45) is 0 Å². The third-order valence-corrected chi connectivity index (χ3v) is 9.47. The first-order valence-corrected chi connectivity index (χ1v) is 15.2. The summed E-state index contributed by atoms with van der Waals surface area (Å²) in [6, 6.07) is -1.19. The molecule has 0 aliphatic heterocycles. The molecule has 0 unspecified atom stereocenters. The van der Waals surface area contributed by atoms with Gasteiger partial charge in [0, 0.05) is 11.5 Å². The van der Waals surface area contributed by atoms with E-state index in [9.17, 15) is 18.3 Å². The van der Waals surface area contributed by atoms with E-state index in [1.54, 1.807) is 13.8 Å². The average Bonchev–Trinajstić information content (AvgIpc) is 2.77. The maximum Gasteiger partial charge on any atom is 0.322 e. The van der Waals surface area contributed by atoms with Crippen LogP contribution in [0.25, 0.3) is 0 Å². The summed E-state index contributed by atoms with van der Waals surface area (Å²) < 4.78 is 28.9. The summed E-state index contributed by atoms with van der Waals surface area (Å²) >= 11 is 1.42. The largest absolute Gasteiger partial charge is 0.480 e. The standard InChI is InChI=1S/C29H45NO4S2/c1-19(2)12-10-13-20(3)14-11-15-21(4)16-17-35-18-27(29(31)32)30-36(33,34)28-25(8)23(6)22(5)24(7)26(28)9/h12,14,16,27,30H,10-11,13,15,17-18H2,1-9H3,(H,31,32)/b20-14+,21-16+/t27-/m0/s1. The minimum Gasteiger partial charge on any atom is -0.480 e. The molecule has 0 heterocycles. The van der Waals surface area contributed by atoms with Crippen LogP contribution >= 0.6 is 11.8 Å². The number of nitrogens with one attached hydrogen (secondary N) is 1. The normalized spacial score (nSPS) is 13.6. The number of rotatable bonds is 14. The summed E-state index contributed by atoms with van der Waals surface area (Å²) in [6.07, 6.45) is 10.8. The van der Waals surface area contributed by atoms with Gasteiger partial charge >= 0.3 is 5.97 Å². The molecule has 1 rings (SSSR count). The molecule has 0 radical (unpaired) electrons. The molecule has 0 fully saturated rings. The molecule has 0 saturated carbocycles. The van der Waals surface area contributed by atoms with Crippen LogP contribution in [0.5, 0.6) is 0 Å². The van der Waals surface area contributed by atoms with Gasteiger partial charge in [0.05, 0.1) is 4.90 Å². The summed E-state index contributed by atoms with van der Waals surface area (Å²) in [6.45, 7) is 17.8. The number of carbonyl (C=O) groups is 1. The molecule has 5 nitrogen and oxygen atoms in total. The molecule has 1 atom stereocenters. The number of thioether (sulfide) groups is 1. The van der Waals surface area contributed by atoms with Crippen LogP contribution in [-0.2, 0) is 14.8 Å². The molecule has 0 aromatic heterocycles. The van der Waals surface area contributed by atoms with E-state index in [1.165, 1.54) is 28.5 Å². The van der Waals surface area contributed by atoms with Crippen LogP contribution in [0.4, 0.5) is 0 Å². The molecule has 0 aliphatic rings. The summed E-state index contributed by atoms with van der Waals surface area (Å²) in [4.78, 5) is 12.0. The third-order valence-electron chi connectivity index (χ3n) is 6.75. The fraction of sp³-hybridized carbons (Fsp3) is 0.552. The smallest absolute Gasteiger partial charge is 0.322 e. The minimum absolute atomic E-state index is 0.156. The molecule has 0 saturated heterocycles. The van der Waals surface area contributed by atoms with Gasteiger partial charge in [0.25, 0.3) is 0 Å². The zero-order valence-electron chi connectivity index (χ0n) is 23.5. The molecule has 0 bridgehead atoms. The Balaban J connectivity index is 2.73. The molecule has 0 amide bonds. The fourth-order valence-electron chi connectivity index (χ4n) is 4.00. The maximum atomic E-state index is 13.2. The second-order valence-electron chi connectivity index (χ2n) is 9.96. The van der Waals surface area contributed by atoms with Gasteiger partial charge in [0.15, 0.2) is 0 Å². The summed E-state index contributed by atoms with van der Waals surface area (Å²) in [7, 11) is -3.98. The van der Waals surface area contributed by atoms with E-state index in [2.05, 4.69) is 50.6 Å². The number of aliphatic carboxylic acids is 1. The van der Waals surface area contributed by atoms with Gasteiger partial charge < -0.3 is 5.11 Å². The number of carboxylic acid groups (broad SMARTS) is 1. The highest BCUT2D eigenvalue weighted by molar-refractivity contribution is 7.99. The van der Waals surface area contributed by atoms with Crippen LogP contribution in [0.1, 0.15) is 81.2 Å². The second kappa shape index (κ2) is 14.8. The minimum atomic E-state index is -3.98. The Hall–Kier alpha value is -1.83. The monoisotopic (exact) mass is 535 g/mol. The Bertz CT molecular complexity index is 1100. The Labute approximate surface area is 223 Å². The van der Waals surface area contributed by atoms with Gasteiger partial charge in [-0.15, -0.1) is 0 Å². The molecule has 2 N–H and O–H groups in total. The highest BCUT2D eigenvalue weighted by Gasteiger charge is 2.29. The van der Waals surface area contributed by atoms with Crippen LogP contribution in [-0.4, -0.2) is 37.0 Å². The van der Waals surface area contributed by atoms with Gasteiger partial charge in [0.1, 0.15) is 6.04 Å². The molecule has 0 aliphatic carbocycles. The van der Waals surface area contributed by atoms with E-state index < -0.39 is 22.0 Å². The van der Waals surface area contributed by atoms with Gasteiger partial charge in [-0.25, -0.2) is 8.42 Å². The molecular formula is C29H45NO4S2. The van der Waals surface area contributed by atoms with Crippen LogP contribution in [0, 0.1) is 34.6 Å². The first-order chi connectivity index (χ1) is 16.7. The van der Waals surface area contributed by atoms with Crippen LogP contribution in [0.3, 0.4) is 0 Å². The Morgan fingerprint density at radius 3 is 1.81 bits per heavy atom. The van der Waals surface area contributed by atoms with E-state index in [0.29, 0.717) is 16.9 Å². The molecule has 1 aromatic rings. The van der Waals surface area contributed by atoms with E-state index in [4.69, 9.17) is 0 Å². The SMILES string of the molecule is CC(C)=CCC/C(C)=C/CC/C(C)=C/CSC[C@H](NS(=O)(=O)c1c(C)c(C)c(C)c(C)c1C)C(=O)O. The first-order valence-electron chi connectivity index (χ1n) is 12.5. The lowest BCUT2D eigenvalue weighted by atomic mass is 9.95. The zero-order valence-corrected chi connectivity index (χ0v) is 25.2. The van der Waals surface area contributed by atoms with Gasteiger partial charge in [-0.05, 0) is 116 Å². The quantitative estimate of drug-likeness (QED) is 0.196. The van der Waals surface area contributed by atoms with Crippen molar-refractivity contribution in [2.45, 2.75) is 98.9 Å². The van der Waals surface area contributed by atoms with E-state index in [1.807, 2.05) is 20.8 Å². The summed E-state index contributed by atoms with van der Waals surface area (Å²) in [5, 5.41) is 9.68. The van der Waals surface area contributed by atoms with Crippen LogP contribution < -0.4 is 4.72 Å². The van der Waals surface area contributed by atoms with Crippen molar-refractivity contribution in [3.05, 3.63) is 62.8 Å². The lowest BCUT2D eigenvalue weighted by Crippen LogP contribution is -2.43. The highest BCUT2D eigenvalue weighted by Crippen LogP contribution is 2.29. The Morgan fingerprint density at radius 2 is 1.31 bits per heavy atom. The van der Waals surface area contributed by atoms with E-state index in [0.717, 1.165) is 42.4 Å². The van der Waals surface area contributed by atoms with Gasteiger partial charge in [-0.1, -0.05) is 34.9 Å². The van der Waals surface area contributed by atoms with Crippen molar-refractivity contribution < 1.29 is 18.3 Å². The fourth-order valence-corrected chi connectivity index (χ4v) is 6.89. The van der Waals surface area contributed by atoms with Crippen molar-refractivity contribution in [3.8, 4) is 0 Å². The molecule has 0 spiro atoms. The topological polar surface area (TPSA) is 83.5 Å². The lowest BCUT2D eigenvalue weighted by molar-refractivity contribution is -0.138. The van der Waals surface area contributed by atoms with Crippen molar-refractivity contribution in [3.63, 3.8) is 0 Å². The Morgan fingerprint density at radius 1 is 0.833 bits per heavy atom. The van der Waals surface area contributed by atoms with Crippen molar-refractivity contribution >= 4 is 27.8 Å². The number of carboxylic acids is 1. The average molecular weight is 536 g/mol. The number of benzene rings is 1. The number of hydrogen-bond acceptors (Lipinski definition) is 4. The van der Waals surface area contributed by atoms with Gasteiger partial charge in [0.2, 0.25) is 10.0 Å². The van der Waals surface area contributed by atoms with Crippen molar-refractivity contribution in [2.75, 3.05) is 11.5 Å². The number of sulfonamides is 1. The molecule has 1 aromatic carbocycles. The van der Waals surface area contributed by atoms with Crippen LogP contribution in [0.15, 0.2) is 39.8 Å². The van der Waals surface area contributed by atoms with Gasteiger partial charge in [-0.3, -0.25) is 4.79 Å². The first kappa shape index (κ1) is 32.2. The lowest BCUT2D eigenvalue weighted by Gasteiger charge is -2.21. The third kappa shape index (κ3) is 9.91. The molecular weight excluding hydrogens is 490 g/mol. The van der Waals surface area contributed by atoms with Crippen LogP contribution in [0.2, 0.25) is 0 Å². The summed E-state index contributed by atoms with van der Waals surface area (Å²) in [5.74, 6) is -0.373. The second-order valence-corrected chi connectivity index (χ2v) is 12.7. The number of hydrogen-bond donors (Lipinski definition) is 2. The van der Waals surface area contributed by atoms with Crippen molar-refractivity contribution in [1.82, 2.24) is 4.72 Å². The molecule has 202 valence electrons. The predicted octanol–water partition coefficient (Wildman–Crippen LogP) is 7.11. The predicted molar refractivity (Wildman–Crippen MR) is 155 cm³/mol. The van der Waals surface area contributed by atoms with E-state index in [-0.39, 0.29) is 10.6 Å². The maximum absolute atomic E-state index is 13.2. The summed E-state index contributed by atoms with van der Waals surface area (Å²) in [5.41, 5.74) is 8.22.